The maximum absolute atomic E-state index is 9.33. The minimum Gasteiger partial charge on any atom is -0.393 e. The minimum atomic E-state index is -0.118. The number of hydrogen-bond acceptors (Lipinski definition) is 1. The van der Waals surface area contributed by atoms with Crippen molar-refractivity contribution in [2.24, 2.45) is 0 Å². The molecule has 1 aromatic rings. The van der Waals surface area contributed by atoms with Gasteiger partial charge in [-0.1, -0.05) is 36.4 Å². The summed E-state index contributed by atoms with van der Waals surface area (Å²) in [5.41, 5.74) is 2.68. The summed E-state index contributed by atoms with van der Waals surface area (Å²) in [7, 11) is 0. The molecule has 0 aromatic heterocycles. The molecule has 0 saturated heterocycles. The van der Waals surface area contributed by atoms with Gasteiger partial charge < -0.3 is 5.11 Å². The Morgan fingerprint density at radius 3 is 2.54 bits per heavy atom. The summed E-state index contributed by atoms with van der Waals surface area (Å²) in [5, 5.41) is 9.33. The molecule has 0 unspecified atom stereocenters. The molecule has 2 rings (SSSR count). The lowest BCUT2D eigenvalue weighted by Gasteiger charge is -2.17. The fourth-order valence-corrected chi connectivity index (χ4v) is 1.73. The van der Waals surface area contributed by atoms with Gasteiger partial charge in [0.2, 0.25) is 0 Å². The first kappa shape index (κ1) is 8.52. The first-order chi connectivity index (χ1) is 6.36. The predicted octanol–water partition coefficient (Wildman–Crippen LogP) is 2.61. The van der Waals surface area contributed by atoms with Crippen molar-refractivity contribution < 1.29 is 5.11 Å². The number of aliphatic hydroxyl groups excluding tert-OH is 1. The van der Waals surface area contributed by atoms with Gasteiger partial charge in [-0.15, -0.1) is 0 Å². The van der Waals surface area contributed by atoms with E-state index in [9.17, 15) is 5.11 Å². The Morgan fingerprint density at radius 2 is 1.92 bits per heavy atom. The van der Waals surface area contributed by atoms with E-state index in [-0.39, 0.29) is 6.10 Å². The Bertz CT molecular complexity index is 300. The number of aliphatic hydroxyl groups is 1. The van der Waals surface area contributed by atoms with Crippen LogP contribution in [0.3, 0.4) is 0 Å². The molecule has 1 N–H and O–H groups in total. The highest BCUT2D eigenvalue weighted by atomic mass is 16.3. The second-order valence-electron chi connectivity index (χ2n) is 3.52. The summed E-state index contributed by atoms with van der Waals surface area (Å²) >= 11 is 0. The van der Waals surface area contributed by atoms with Gasteiger partial charge in [-0.3, -0.25) is 0 Å². The van der Waals surface area contributed by atoms with Crippen molar-refractivity contribution in [3.05, 3.63) is 42.0 Å². The zero-order valence-corrected chi connectivity index (χ0v) is 7.61. The van der Waals surface area contributed by atoms with Crippen molar-refractivity contribution in [2.45, 2.75) is 25.4 Å². The second-order valence-corrected chi connectivity index (χ2v) is 3.52. The molecule has 0 radical (unpaired) electrons. The molecule has 68 valence electrons. The fraction of sp³-hybridized carbons (Fsp3) is 0.333. The molecular formula is C12H14O. The third-order valence-corrected chi connectivity index (χ3v) is 2.53. The van der Waals surface area contributed by atoms with Gasteiger partial charge in [-0.25, -0.2) is 0 Å². The lowest BCUT2D eigenvalue weighted by atomic mass is 9.92. The molecule has 0 fully saturated rings. The molecule has 1 aliphatic carbocycles. The Kier molecular flexibility index (Phi) is 2.46. The van der Waals surface area contributed by atoms with Gasteiger partial charge in [0, 0.05) is 0 Å². The molecule has 0 heterocycles. The average Bonchev–Trinajstić information content (AvgIpc) is 2.20. The summed E-state index contributed by atoms with van der Waals surface area (Å²) in [6.07, 6.45) is 4.76. The first-order valence-corrected chi connectivity index (χ1v) is 4.79. The van der Waals surface area contributed by atoms with E-state index in [2.05, 4.69) is 30.3 Å². The number of hydrogen-bond donors (Lipinski definition) is 1. The molecule has 13 heavy (non-hydrogen) atoms. The molecule has 1 aliphatic rings. The van der Waals surface area contributed by atoms with Crippen molar-refractivity contribution in [1.82, 2.24) is 0 Å². The summed E-state index contributed by atoms with van der Waals surface area (Å²) in [5.74, 6) is 0. The molecule has 0 saturated carbocycles. The maximum atomic E-state index is 9.33. The van der Waals surface area contributed by atoms with Gasteiger partial charge >= 0.3 is 0 Å². The predicted molar refractivity (Wildman–Crippen MR) is 54.3 cm³/mol. The SMILES string of the molecule is O[C@H]1CC=C(c2ccccc2)CC1. The Labute approximate surface area is 78.7 Å². The summed E-state index contributed by atoms with van der Waals surface area (Å²) in [6.45, 7) is 0. The van der Waals surface area contributed by atoms with Gasteiger partial charge in [0.15, 0.2) is 0 Å². The summed E-state index contributed by atoms with van der Waals surface area (Å²) in [6, 6.07) is 10.4. The van der Waals surface area contributed by atoms with E-state index in [0.29, 0.717) is 0 Å². The third kappa shape index (κ3) is 1.99. The number of benzene rings is 1. The molecule has 1 heteroatoms. The van der Waals surface area contributed by atoms with Crippen LogP contribution in [0.5, 0.6) is 0 Å². The normalized spacial score (nSPS) is 22.5. The fourth-order valence-electron chi connectivity index (χ4n) is 1.73. The first-order valence-electron chi connectivity index (χ1n) is 4.79. The number of allylic oxidation sites excluding steroid dienone is 1. The zero-order chi connectivity index (χ0) is 9.10. The van der Waals surface area contributed by atoms with E-state index in [1.165, 1.54) is 11.1 Å². The molecule has 0 spiro atoms. The minimum absolute atomic E-state index is 0.118. The summed E-state index contributed by atoms with van der Waals surface area (Å²) in [4.78, 5) is 0. The standard InChI is InChI=1S/C12H14O/c13-12-8-6-11(7-9-12)10-4-2-1-3-5-10/h1-6,12-13H,7-9H2/t12-/m0/s1. The van der Waals surface area contributed by atoms with Gasteiger partial charge in [-0.05, 0) is 30.4 Å². The molecular weight excluding hydrogens is 160 g/mol. The van der Waals surface area contributed by atoms with E-state index in [4.69, 9.17) is 0 Å². The largest absolute Gasteiger partial charge is 0.393 e. The van der Waals surface area contributed by atoms with E-state index >= 15 is 0 Å². The zero-order valence-electron chi connectivity index (χ0n) is 7.61. The highest BCUT2D eigenvalue weighted by molar-refractivity contribution is 5.66. The van der Waals surface area contributed by atoms with Crippen LogP contribution < -0.4 is 0 Å². The Morgan fingerprint density at radius 1 is 1.15 bits per heavy atom. The van der Waals surface area contributed by atoms with Crippen LogP contribution in [0.4, 0.5) is 0 Å². The van der Waals surface area contributed by atoms with E-state index in [1.807, 2.05) is 6.07 Å². The van der Waals surface area contributed by atoms with Gasteiger partial charge in [0.1, 0.15) is 0 Å². The molecule has 0 amide bonds. The van der Waals surface area contributed by atoms with Crippen LogP contribution in [0, 0.1) is 0 Å². The summed E-state index contributed by atoms with van der Waals surface area (Å²) < 4.78 is 0. The second kappa shape index (κ2) is 3.75. The average molecular weight is 174 g/mol. The van der Waals surface area contributed by atoms with Gasteiger partial charge in [0.05, 0.1) is 6.10 Å². The van der Waals surface area contributed by atoms with E-state index in [0.717, 1.165) is 19.3 Å². The molecule has 0 aliphatic heterocycles. The van der Waals surface area contributed by atoms with Crippen molar-refractivity contribution >= 4 is 5.57 Å². The van der Waals surface area contributed by atoms with Crippen LogP contribution in [0.25, 0.3) is 5.57 Å². The van der Waals surface area contributed by atoms with Crippen LogP contribution >= 0.6 is 0 Å². The Hall–Kier alpha value is -1.08. The van der Waals surface area contributed by atoms with Crippen molar-refractivity contribution in [1.29, 1.82) is 0 Å². The van der Waals surface area contributed by atoms with Crippen LogP contribution in [0.15, 0.2) is 36.4 Å². The van der Waals surface area contributed by atoms with Gasteiger partial charge in [0.25, 0.3) is 0 Å². The molecule has 1 aromatic carbocycles. The number of rotatable bonds is 1. The topological polar surface area (TPSA) is 20.2 Å². The molecule has 1 atom stereocenters. The van der Waals surface area contributed by atoms with Crippen LogP contribution in [0.2, 0.25) is 0 Å². The Balaban J connectivity index is 2.19. The monoisotopic (exact) mass is 174 g/mol. The van der Waals surface area contributed by atoms with Crippen LogP contribution in [-0.4, -0.2) is 11.2 Å². The van der Waals surface area contributed by atoms with Crippen LogP contribution in [-0.2, 0) is 0 Å². The highest BCUT2D eigenvalue weighted by Gasteiger charge is 2.11. The highest BCUT2D eigenvalue weighted by Crippen LogP contribution is 2.26. The third-order valence-electron chi connectivity index (χ3n) is 2.53. The maximum Gasteiger partial charge on any atom is 0.0578 e. The van der Waals surface area contributed by atoms with Crippen molar-refractivity contribution in [3.63, 3.8) is 0 Å². The van der Waals surface area contributed by atoms with E-state index < -0.39 is 0 Å². The quantitative estimate of drug-likeness (QED) is 0.694. The van der Waals surface area contributed by atoms with Gasteiger partial charge in [-0.2, -0.15) is 0 Å². The molecule has 0 bridgehead atoms. The van der Waals surface area contributed by atoms with Crippen LogP contribution in [0.1, 0.15) is 24.8 Å². The molecule has 1 nitrogen and oxygen atoms in total. The van der Waals surface area contributed by atoms with E-state index in [1.54, 1.807) is 0 Å². The van der Waals surface area contributed by atoms with Crippen molar-refractivity contribution in [2.75, 3.05) is 0 Å². The smallest absolute Gasteiger partial charge is 0.0578 e. The lowest BCUT2D eigenvalue weighted by Crippen LogP contribution is -2.09. The lowest BCUT2D eigenvalue weighted by molar-refractivity contribution is 0.166. The van der Waals surface area contributed by atoms with Crippen molar-refractivity contribution in [3.8, 4) is 0 Å².